The molecular weight excluding hydrogens is 548 g/mol. The van der Waals surface area contributed by atoms with Gasteiger partial charge in [-0.1, -0.05) is 36.4 Å². The highest BCUT2D eigenvalue weighted by Gasteiger charge is 2.18. The lowest BCUT2D eigenvalue weighted by Crippen LogP contribution is -1.88. The van der Waals surface area contributed by atoms with E-state index in [1.54, 1.807) is 37.2 Å². The van der Waals surface area contributed by atoms with Crippen LogP contribution in [0.4, 0.5) is 0 Å². The van der Waals surface area contributed by atoms with Gasteiger partial charge in [-0.25, -0.2) is 19.9 Å². The van der Waals surface area contributed by atoms with Crippen LogP contribution in [-0.2, 0) is 0 Å². The van der Waals surface area contributed by atoms with Gasteiger partial charge < -0.3 is 8.83 Å². The van der Waals surface area contributed by atoms with Gasteiger partial charge in [0.25, 0.3) is 0 Å². The topological polar surface area (TPSA) is 104 Å². The zero-order valence-corrected chi connectivity index (χ0v) is 23.2. The molecule has 8 aromatic rings. The minimum absolute atomic E-state index is 0.444. The second kappa shape index (κ2) is 10.8. The fourth-order valence-electron chi connectivity index (χ4n) is 5.22. The summed E-state index contributed by atoms with van der Waals surface area (Å²) in [4.78, 5) is 27.1. The third-order valence-electron chi connectivity index (χ3n) is 7.32. The van der Waals surface area contributed by atoms with Gasteiger partial charge >= 0.3 is 0 Å². The summed E-state index contributed by atoms with van der Waals surface area (Å²) in [6, 6.07) is 31.4. The largest absolute Gasteiger partial charge is 0.435 e. The van der Waals surface area contributed by atoms with Crippen LogP contribution in [0.5, 0.6) is 0 Å². The van der Waals surface area contributed by atoms with Crippen molar-refractivity contribution >= 4 is 10.8 Å². The van der Waals surface area contributed by atoms with Crippen molar-refractivity contribution in [2.75, 3.05) is 0 Å². The van der Waals surface area contributed by atoms with Crippen molar-refractivity contribution in [1.82, 2.24) is 29.9 Å². The van der Waals surface area contributed by atoms with E-state index < -0.39 is 0 Å². The lowest BCUT2D eigenvalue weighted by Gasteiger charge is -2.08. The molecule has 8 rings (SSSR count). The highest BCUT2D eigenvalue weighted by molar-refractivity contribution is 6.03. The molecule has 6 heterocycles. The first-order valence-electron chi connectivity index (χ1n) is 14.0. The van der Waals surface area contributed by atoms with E-state index in [0.717, 1.165) is 44.4 Å². The van der Waals surface area contributed by atoms with E-state index in [9.17, 15) is 0 Å². The standard InChI is InChI=1S/C36H22N6O2/c1-2-10-26-25(9-1)27(33-21-39-35(43-33)31-13-3-11-29(41-31)23-7-5-17-37-19-23)15-16-28(26)34-22-40-36(44-34)32-14-4-12-30(42-32)24-8-6-18-38-20-24/h1-22H. The minimum Gasteiger partial charge on any atom is -0.435 e. The lowest BCUT2D eigenvalue weighted by molar-refractivity contribution is 0.585. The summed E-state index contributed by atoms with van der Waals surface area (Å²) >= 11 is 0. The quantitative estimate of drug-likeness (QED) is 0.196. The Kier molecular flexibility index (Phi) is 6.27. The summed E-state index contributed by atoms with van der Waals surface area (Å²) in [5.74, 6) is 2.18. The number of pyridine rings is 4. The predicted molar refractivity (Wildman–Crippen MR) is 168 cm³/mol. The Labute approximate surface area is 251 Å². The van der Waals surface area contributed by atoms with Gasteiger partial charge in [0.15, 0.2) is 11.5 Å². The molecule has 0 aliphatic rings. The summed E-state index contributed by atoms with van der Waals surface area (Å²) in [6.45, 7) is 0. The number of benzene rings is 2. The number of rotatable bonds is 6. The molecule has 0 saturated heterocycles. The van der Waals surface area contributed by atoms with Crippen LogP contribution < -0.4 is 0 Å². The molecule has 8 heteroatoms. The maximum Gasteiger partial charge on any atom is 0.245 e. The molecule has 208 valence electrons. The van der Waals surface area contributed by atoms with E-state index in [2.05, 4.69) is 32.1 Å². The number of nitrogens with zero attached hydrogens (tertiary/aromatic N) is 6. The number of fused-ring (bicyclic) bond motifs is 1. The van der Waals surface area contributed by atoms with Gasteiger partial charge in [-0.2, -0.15) is 0 Å². The molecule has 0 atom stereocenters. The predicted octanol–water partition coefficient (Wildman–Crippen LogP) is 8.40. The first-order valence-corrected chi connectivity index (χ1v) is 14.0. The molecule has 0 aliphatic heterocycles. The lowest BCUT2D eigenvalue weighted by atomic mass is 9.97. The Morgan fingerprint density at radius 1 is 0.409 bits per heavy atom. The van der Waals surface area contributed by atoms with Crippen LogP contribution in [0.1, 0.15) is 0 Å². The van der Waals surface area contributed by atoms with E-state index in [-0.39, 0.29) is 0 Å². The maximum atomic E-state index is 6.27. The van der Waals surface area contributed by atoms with Crippen LogP contribution in [0.15, 0.2) is 143 Å². The normalized spacial score (nSPS) is 11.2. The molecular formula is C36H22N6O2. The van der Waals surface area contributed by atoms with Crippen molar-refractivity contribution in [2.45, 2.75) is 0 Å². The SMILES string of the molecule is c1cncc(-c2cccc(-c3ncc(-c4ccc(-c5cnc(-c6cccc(-c7cccnc7)n6)o5)c5ccccc45)o3)n2)c1. The number of oxazole rings is 2. The van der Waals surface area contributed by atoms with Gasteiger partial charge in [0.2, 0.25) is 11.8 Å². The molecule has 0 spiro atoms. The van der Waals surface area contributed by atoms with Gasteiger partial charge in [-0.3, -0.25) is 9.97 Å². The smallest absolute Gasteiger partial charge is 0.245 e. The fraction of sp³-hybridized carbons (Fsp3) is 0. The number of hydrogen-bond acceptors (Lipinski definition) is 8. The van der Waals surface area contributed by atoms with Crippen molar-refractivity contribution < 1.29 is 8.83 Å². The Morgan fingerprint density at radius 2 is 0.886 bits per heavy atom. The summed E-state index contributed by atoms with van der Waals surface area (Å²) in [5.41, 5.74) is 6.58. The average molecular weight is 571 g/mol. The number of hydrogen-bond donors (Lipinski definition) is 0. The van der Waals surface area contributed by atoms with Gasteiger partial charge in [0.1, 0.15) is 11.4 Å². The van der Waals surface area contributed by atoms with Crippen molar-refractivity contribution in [2.24, 2.45) is 0 Å². The zero-order chi connectivity index (χ0) is 29.3. The zero-order valence-electron chi connectivity index (χ0n) is 23.2. The molecule has 0 unspecified atom stereocenters. The molecule has 0 saturated carbocycles. The first kappa shape index (κ1) is 25.4. The Morgan fingerprint density at radius 3 is 1.34 bits per heavy atom. The Hall–Kier alpha value is -6.28. The molecule has 0 N–H and O–H groups in total. The van der Waals surface area contributed by atoms with E-state index in [1.165, 1.54) is 0 Å². The van der Waals surface area contributed by atoms with E-state index in [4.69, 9.17) is 18.8 Å². The van der Waals surface area contributed by atoms with Crippen LogP contribution in [0.2, 0.25) is 0 Å². The molecule has 8 nitrogen and oxygen atoms in total. The second-order valence-corrected chi connectivity index (χ2v) is 10.1. The molecule has 0 radical (unpaired) electrons. The van der Waals surface area contributed by atoms with Gasteiger partial charge in [-0.15, -0.1) is 0 Å². The molecule has 44 heavy (non-hydrogen) atoms. The Balaban J connectivity index is 1.13. The van der Waals surface area contributed by atoms with Crippen LogP contribution >= 0.6 is 0 Å². The molecule has 0 bridgehead atoms. The molecule has 2 aromatic carbocycles. The van der Waals surface area contributed by atoms with Crippen molar-refractivity contribution in [3.05, 3.63) is 134 Å². The highest BCUT2D eigenvalue weighted by atomic mass is 16.4. The second-order valence-electron chi connectivity index (χ2n) is 10.1. The van der Waals surface area contributed by atoms with Gasteiger partial charge in [0, 0.05) is 47.0 Å². The van der Waals surface area contributed by atoms with Crippen molar-refractivity contribution in [3.63, 3.8) is 0 Å². The average Bonchev–Trinajstić information content (AvgIpc) is 3.80. The van der Waals surface area contributed by atoms with Crippen LogP contribution in [0.25, 0.3) is 79.1 Å². The highest BCUT2D eigenvalue weighted by Crippen LogP contribution is 2.38. The molecule has 0 amide bonds. The van der Waals surface area contributed by atoms with Crippen molar-refractivity contribution in [3.8, 4) is 68.3 Å². The summed E-state index contributed by atoms with van der Waals surface area (Å²) in [7, 11) is 0. The number of aromatic nitrogens is 6. The maximum absolute atomic E-state index is 6.27. The molecule has 6 aromatic heterocycles. The minimum atomic E-state index is 0.444. The fourth-order valence-corrected chi connectivity index (χ4v) is 5.22. The van der Waals surface area contributed by atoms with E-state index in [0.29, 0.717) is 34.7 Å². The summed E-state index contributed by atoms with van der Waals surface area (Å²) in [6.07, 6.45) is 10.5. The third-order valence-corrected chi connectivity index (χ3v) is 7.32. The Bertz CT molecular complexity index is 2080. The van der Waals surface area contributed by atoms with Crippen molar-refractivity contribution in [1.29, 1.82) is 0 Å². The third kappa shape index (κ3) is 4.70. The van der Waals surface area contributed by atoms with Gasteiger partial charge in [-0.05, 0) is 71.4 Å². The van der Waals surface area contributed by atoms with E-state index in [1.807, 2.05) is 84.9 Å². The first-order chi connectivity index (χ1) is 21.8. The van der Waals surface area contributed by atoms with Crippen LogP contribution in [0, 0.1) is 0 Å². The summed E-state index contributed by atoms with van der Waals surface area (Å²) in [5, 5.41) is 2.00. The van der Waals surface area contributed by atoms with Gasteiger partial charge in [0.05, 0.1) is 23.8 Å². The molecule has 0 aliphatic carbocycles. The van der Waals surface area contributed by atoms with E-state index >= 15 is 0 Å². The van der Waals surface area contributed by atoms with Crippen LogP contribution in [-0.4, -0.2) is 29.9 Å². The summed E-state index contributed by atoms with van der Waals surface area (Å²) < 4.78 is 12.5. The molecule has 0 fully saturated rings. The van der Waals surface area contributed by atoms with Crippen LogP contribution in [0.3, 0.4) is 0 Å². The monoisotopic (exact) mass is 570 g/mol.